The molecule has 1 nitrogen and oxygen atoms in total. The van der Waals surface area contributed by atoms with E-state index in [2.05, 4.69) is 23.7 Å². The van der Waals surface area contributed by atoms with E-state index in [-0.39, 0.29) is 0 Å². The van der Waals surface area contributed by atoms with Crippen LogP contribution in [0.1, 0.15) is 17.9 Å². The van der Waals surface area contributed by atoms with Gasteiger partial charge >= 0.3 is 0 Å². The first-order valence-electron chi connectivity index (χ1n) is 3.94. The number of hydrogen-bond donors (Lipinski definition) is 0. The van der Waals surface area contributed by atoms with E-state index in [0.29, 0.717) is 0 Å². The Bertz CT molecular complexity index is 253. The Kier molecular flexibility index (Phi) is 1.50. The average molecular weight is 145 g/mol. The number of aromatic nitrogens is 1. The lowest BCUT2D eigenvalue weighted by Gasteiger charge is -1.94. The Labute approximate surface area is 66.8 Å². The lowest BCUT2D eigenvalue weighted by atomic mass is 10.1. The largest absolute Gasteiger partial charge is 0.265 e. The molecule has 1 aliphatic rings. The van der Waals surface area contributed by atoms with Gasteiger partial charge in [-0.15, -0.1) is 6.58 Å². The summed E-state index contributed by atoms with van der Waals surface area (Å²) in [4.78, 5) is 3.98. The second kappa shape index (κ2) is 2.50. The molecule has 1 fully saturated rings. The van der Waals surface area contributed by atoms with Gasteiger partial charge in [0.1, 0.15) is 0 Å². The van der Waals surface area contributed by atoms with Crippen LogP contribution in [0.3, 0.4) is 0 Å². The summed E-state index contributed by atoms with van der Waals surface area (Å²) in [5, 5.41) is 0. The van der Waals surface area contributed by atoms with E-state index < -0.39 is 0 Å². The summed E-state index contributed by atoms with van der Waals surface area (Å²) in [6.07, 6.45) is 7.03. The predicted octanol–water partition coefficient (Wildman–Crippen LogP) is 2.37. The molecule has 0 amide bonds. The molecule has 1 heterocycles. The molecule has 1 aliphatic carbocycles. The third-order valence-electron chi connectivity index (χ3n) is 2.28. The second-order valence-electron chi connectivity index (χ2n) is 3.02. The van der Waals surface area contributed by atoms with Crippen molar-refractivity contribution in [2.75, 3.05) is 0 Å². The second-order valence-corrected chi connectivity index (χ2v) is 3.02. The Morgan fingerprint density at radius 2 is 2.18 bits per heavy atom. The number of rotatable bonds is 2. The van der Waals surface area contributed by atoms with Gasteiger partial charge in [-0.2, -0.15) is 0 Å². The van der Waals surface area contributed by atoms with E-state index in [9.17, 15) is 0 Å². The van der Waals surface area contributed by atoms with Crippen LogP contribution in [0.4, 0.5) is 0 Å². The summed E-state index contributed by atoms with van der Waals surface area (Å²) in [5.41, 5.74) is 1.41. The first kappa shape index (κ1) is 6.59. The average Bonchev–Trinajstić information content (AvgIpc) is 2.85. The molecule has 1 saturated carbocycles. The smallest absolute Gasteiger partial charge is 0.0270 e. The van der Waals surface area contributed by atoms with E-state index in [1.807, 2.05) is 18.5 Å². The van der Waals surface area contributed by atoms with Gasteiger partial charge in [-0.05, 0) is 36.0 Å². The van der Waals surface area contributed by atoms with E-state index in [4.69, 9.17) is 0 Å². The quantitative estimate of drug-likeness (QED) is 0.582. The molecule has 56 valence electrons. The lowest BCUT2D eigenvalue weighted by Crippen LogP contribution is -1.80. The van der Waals surface area contributed by atoms with Crippen molar-refractivity contribution in [3.63, 3.8) is 0 Å². The van der Waals surface area contributed by atoms with Crippen LogP contribution >= 0.6 is 0 Å². The number of pyridine rings is 1. The van der Waals surface area contributed by atoms with Crippen LogP contribution in [0.2, 0.25) is 0 Å². The molecule has 2 atom stereocenters. The maximum absolute atomic E-state index is 3.98. The molecule has 0 aromatic carbocycles. The molecule has 11 heavy (non-hydrogen) atoms. The van der Waals surface area contributed by atoms with Gasteiger partial charge in [0.2, 0.25) is 0 Å². The normalized spacial score (nSPS) is 28.0. The van der Waals surface area contributed by atoms with Gasteiger partial charge in [0.25, 0.3) is 0 Å². The molecule has 1 aromatic rings. The molecule has 2 rings (SSSR count). The highest BCUT2D eigenvalue weighted by Crippen LogP contribution is 2.47. The monoisotopic (exact) mass is 145 g/mol. The molecular weight excluding hydrogens is 134 g/mol. The molecule has 0 N–H and O–H groups in total. The first-order valence-corrected chi connectivity index (χ1v) is 3.94. The number of nitrogens with zero attached hydrogens (tertiary/aromatic N) is 1. The van der Waals surface area contributed by atoms with Crippen molar-refractivity contribution in [3.8, 4) is 0 Å². The Morgan fingerprint density at radius 3 is 2.73 bits per heavy atom. The van der Waals surface area contributed by atoms with Crippen LogP contribution in [0.15, 0.2) is 37.2 Å². The molecular formula is C10H11N. The molecule has 0 unspecified atom stereocenters. The van der Waals surface area contributed by atoms with Crippen molar-refractivity contribution in [1.82, 2.24) is 4.98 Å². The Balaban J connectivity index is 2.14. The third kappa shape index (κ3) is 1.18. The van der Waals surface area contributed by atoms with Gasteiger partial charge in [-0.25, -0.2) is 0 Å². The Morgan fingerprint density at radius 1 is 1.45 bits per heavy atom. The zero-order chi connectivity index (χ0) is 7.68. The highest BCUT2D eigenvalue weighted by Gasteiger charge is 2.35. The van der Waals surface area contributed by atoms with Crippen LogP contribution in [0, 0.1) is 5.92 Å². The summed E-state index contributed by atoms with van der Waals surface area (Å²) >= 11 is 0. The van der Waals surface area contributed by atoms with Crippen molar-refractivity contribution in [1.29, 1.82) is 0 Å². The minimum absolute atomic E-state index is 0.720. The Hall–Kier alpha value is -1.11. The highest BCUT2D eigenvalue weighted by molar-refractivity contribution is 5.25. The van der Waals surface area contributed by atoms with Gasteiger partial charge in [-0.3, -0.25) is 4.98 Å². The third-order valence-corrected chi connectivity index (χ3v) is 2.28. The van der Waals surface area contributed by atoms with Crippen molar-refractivity contribution in [2.45, 2.75) is 12.3 Å². The maximum Gasteiger partial charge on any atom is 0.0270 e. The van der Waals surface area contributed by atoms with Crippen LogP contribution in [-0.4, -0.2) is 4.98 Å². The zero-order valence-corrected chi connectivity index (χ0v) is 6.40. The summed E-state index contributed by atoms with van der Waals surface area (Å²) < 4.78 is 0. The van der Waals surface area contributed by atoms with Crippen molar-refractivity contribution >= 4 is 0 Å². The number of hydrogen-bond acceptors (Lipinski definition) is 1. The first-order chi connectivity index (χ1) is 5.42. The lowest BCUT2D eigenvalue weighted by molar-refractivity contribution is 1.01. The van der Waals surface area contributed by atoms with Crippen molar-refractivity contribution in [2.24, 2.45) is 5.92 Å². The van der Waals surface area contributed by atoms with Gasteiger partial charge in [0, 0.05) is 12.4 Å². The minimum Gasteiger partial charge on any atom is -0.265 e. The van der Waals surface area contributed by atoms with Gasteiger partial charge in [-0.1, -0.05) is 6.08 Å². The summed E-state index contributed by atoms with van der Waals surface area (Å²) in [5.74, 6) is 1.45. The highest BCUT2D eigenvalue weighted by atomic mass is 14.6. The fourth-order valence-electron chi connectivity index (χ4n) is 1.47. The SMILES string of the molecule is C=C[C@@H]1C[C@@H]1c1ccncc1. The molecule has 0 radical (unpaired) electrons. The zero-order valence-electron chi connectivity index (χ0n) is 6.40. The molecule has 0 spiro atoms. The van der Waals surface area contributed by atoms with E-state index in [1.54, 1.807) is 0 Å². The molecule has 1 heteroatoms. The minimum atomic E-state index is 0.720. The van der Waals surface area contributed by atoms with Crippen LogP contribution in [0.25, 0.3) is 0 Å². The van der Waals surface area contributed by atoms with Crippen molar-refractivity contribution < 1.29 is 0 Å². The van der Waals surface area contributed by atoms with E-state index >= 15 is 0 Å². The molecule has 0 saturated heterocycles. The fraction of sp³-hybridized carbons (Fsp3) is 0.300. The van der Waals surface area contributed by atoms with Crippen LogP contribution in [0.5, 0.6) is 0 Å². The molecule has 0 bridgehead atoms. The van der Waals surface area contributed by atoms with E-state index in [1.165, 1.54) is 12.0 Å². The van der Waals surface area contributed by atoms with Gasteiger partial charge < -0.3 is 0 Å². The van der Waals surface area contributed by atoms with Crippen molar-refractivity contribution in [3.05, 3.63) is 42.7 Å². The van der Waals surface area contributed by atoms with Crippen LogP contribution < -0.4 is 0 Å². The fourth-order valence-corrected chi connectivity index (χ4v) is 1.47. The summed E-state index contributed by atoms with van der Waals surface area (Å²) in [6.45, 7) is 3.78. The molecule has 1 aromatic heterocycles. The molecule has 0 aliphatic heterocycles. The summed E-state index contributed by atoms with van der Waals surface area (Å²) in [7, 11) is 0. The van der Waals surface area contributed by atoms with E-state index in [0.717, 1.165) is 11.8 Å². The summed E-state index contributed by atoms with van der Waals surface area (Å²) in [6, 6.07) is 4.18. The van der Waals surface area contributed by atoms with Crippen LogP contribution in [-0.2, 0) is 0 Å². The number of allylic oxidation sites excluding steroid dienone is 1. The topological polar surface area (TPSA) is 12.9 Å². The van der Waals surface area contributed by atoms with Gasteiger partial charge in [0.15, 0.2) is 0 Å². The van der Waals surface area contributed by atoms with Gasteiger partial charge in [0.05, 0.1) is 0 Å². The maximum atomic E-state index is 3.98. The standard InChI is InChI=1S/C10H11N/c1-2-8-7-10(8)9-3-5-11-6-4-9/h2-6,8,10H,1,7H2/t8-,10+/m1/s1. The predicted molar refractivity (Wildman–Crippen MR) is 45.3 cm³/mol.